The number of halogens is 2. The van der Waals surface area contributed by atoms with Gasteiger partial charge in [-0.25, -0.2) is 4.79 Å². The maximum absolute atomic E-state index is 12.4. The number of benzene rings is 1. The van der Waals surface area contributed by atoms with Gasteiger partial charge in [0.15, 0.2) is 0 Å². The summed E-state index contributed by atoms with van der Waals surface area (Å²) in [4.78, 5) is 26.4. The highest BCUT2D eigenvalue weighted by atomic mass is 35.5. The van der Waals surface area contributed by atoms with Gasteiger partial charge in [-0.05, 0) is 35.6 Å². The summed E-state index contributed by atoms with van der Waals surface area (Å²) in [5.41, 5.74) is 1.33. The summed E-state index contributed by atoms with van der Waals surface area (Å²) in [5.74, 6) is -0.759. The van der Waals surface area contributed by atoms with Crippen LogP contribution in [0, 0.1) is 0 Å². The van der Waals surface area contributed by atoms with Gasteiger partial charge in [0.05, 0.1) is 29.4 Å². The number of thiophene rings is 1. The zero-order valence-electron chi connectivity index (χ0n) is 14.7. The minimum absolute atomic E-state index is 0.0243. The van der Waals surface area contributed by atoms with Crippen LogP contribution in [0.5, 0.6) is 0 Å². The molecular formula is C18H20Cl2N2O4S. The Hall–Kier alpha value is -1.64. The third-order valence-corrected chi connectivity index (χ3v) is 5.33. The second-order valence-electron chi connectivity index (χ2n) is 5.74. The van der Waals surface area contributed by atoms with Gasteiger partial charge in [-0.3, -0.25) is 9.69 Å². The molecule has 0 saturated carbocycles. The fourth-order valence-corrected chi connectivity index (χ4v) is 3.54. The minimum Gasteiger partial charge on any atom is -0.465 e. The highest BCUT2D eigenvalue weighted by Crippen LogP contribution is 2.24. The Balaban J connectivity index is 2.04. The predicted octanol–water partition coefficient (Wildman–Crippen LogP) is 3.66. The Labute approximate surface area is 171 Å². The maximum Gasteiger partial charge on any atom is 0.350 e. The largest absolute Gasteiger partial charge is 0.465 e. The Kier molecular flexibility index (Phi) is 8.53. The van der Waals surface area contributed by atoms with E-state index < -0.39 is 5.97 Å². The van der Waals surface area contributed by atoms with Gasteiger partial charge >= 0.3 is 5.97 Å². The standard InChI is InChI=1S/C18H20Cl2N2O4S/c1-26-18(25)17-15(5-8-27-17)21-16(24)11-22(6-2-7-23)10-12-3-4-13(19)14(20)9-12/h3-5,8-9,23H,2,6-7,10-11H2,1H3,(H,21,24). The molecule has 1 heterocycles. The first-order valence-electron chi connectivity index (χ1n) is 8.17. The van der Waals surface area contributed by atoms with Crippen molar-refractivity contribution in [2.45, 2.75) is 13.0 Å². The van der Waals surface area contributed by atoms with Crippen molar-refractivity contribution in [3.63, 3.8) is 0 Å². The van der Waals surface area contributed by atoms with E-state index in [1.54, 1.807) is 23.6 Å². The molecule has 0 atom stereocenters. The van der Waals surface area contributed by atoms with Gasteiger partial charge in [-0.2, -0.15) is 0 Å². The number of esters is 1. The molecule has 2 aromatic rings. The number of carbonyl (C=O) groups excluding carboxylic acids is 2. The molecule has 0 unspecified atom stereocenters. The van der Waals surface area contributed by atoms with Gasteiger partial charge in [0, 0.05) is 19.7 Å². The molecule has 1 amide bonds. The van der Waals surface area contributed by atoms with Crippen LogP contribution in [0.1, 0.15) is 21.7 Å². The summed E-state index contributed by atoms with van der Waals surface area (Å²) in [6, 6.07) is 6.96. The molecular weight excluding hydrogens is 411 g/mol. The molecule has 0 spiro atoms. The highest BCUT2D eigenvalue weighted by molar-refractivity contribution is 7.12. The Morgan fingerprint density at radius 2 is 2.04 bits per heavy atom. The van der Waals surface area contributed by atoms with Crippen LogP contribution in [0.2, 0.25) is 10.0 Å². The first kappa shape index (κ1) is 21.7. The predicted molar refractivity (Wildman–Crippen MR) is 108 cm³/mol. The number of aliphatic hydroxyl groups is 1. The van der Waals surface area contributed by atoms with E-state index in [0.29, 0.717) is 40.1 Å². The molecule has 146 valence electrons. The molecule has 0 aliphatic heterocycles. The van der Waals surface area contributed by atoms with Gasteiger partial charge in [-0.1, -0.05) is 29.3 Å². The van der Waals surface area contributed by atoms with Crippen molar-refractivity contribution in [2.24, 2.45) is 0 Å². The van der Waals surface area contributed by atoms with E-state index in [4.69, 9.17) is 33.0 Å². The fraction of sp³-hybridized carbons (Fsp3) is 0.333. The minimum atomic E-state index is -0.492. The van der Waals surface area contributed by atoms with Crippen LogP contribution in [0.4, 0.5) is 5.69 Å². The number of nitrogens with zero attached hydrogens (tertiary/aromatic N) is 1. The van der Waals surface area contributed by atoms with Gasteiger partial charge in [-0.15, -0.1) is 11.3 Å². The highest BCUT2D eigenvalue weighted by Gasteiger charge is 2.17. The van der Waals surface area contributed by atoms with Crippen LogP contribution in [-0.4, -0.2) is 48.7 Å². The quantitative estimate of drug-likeness (QED) is 0.593. The molecule has 2 N–H and O–H groups in total. The molecule has 0 radical (unpaired) electrons. The Morgan fingerprint density at radius 3 is 2.70 bits per heavy atom. The molecule has 6 nitrogen and oxygen atoms in total. The molecule has 0 fully saturated rings. The van der Waals surface area contributed by atoms with Crippen LogP contribution in [0.25, 0.3) is 0 Å². The number of methoxy groups -OCH3 is 1. The number of rotatable bonds is 9. The fourth-order valence-electron chi connectivity index (χ4n) is 2.46. The second kappa shape index (κ2) is 10.6. The van der Waals surface area contributed by atoms with Gasteiger partial charge in [0.1, 0.15) is 4.88 Å². The van der Waals surface area contributed by atoms with E-state index in [1.165, 1.54) is 18.4 Å². The third-order valence-electron chi connectivity index (χ3n) is 3.70. The number of hydrogen-bond acceptors (Lipinski definition) is 6. The Bertz CT molecular complexity index is 797. The lowest BCUT2D eigenvalue weighted by Gasteiger charge is -2.22. The third kappa shape index (κ3) is 6.48. The number of hydrogen-bond donors (Lipinski definition) is 2. The van der Waals surface area contributed by atoms with Crippen molar-refractivity contribution in [2.75, 3.05) is 32.1 Å². The molecule has 9 heteroatoms. The number of nitrogens with one attached hydrogen (secondary N) is 1. The zero-order chi connectivity index (χ0) is 19.8. The number of aliphatic hydroxyl groups excluding tert-OH is 1. The van der Waals surface area contributed by atoms with Gasteiger partial charge in [0.2, 0.25) is 5.91 Å². The van der Waals surface area contributed by atoms with E-state index in [9.17, 15) is 9.59 Å². The Morgan fingerprint density at radius 1 is 1.26 bits per heavy atom. The van der Waals surface area contributed by atoms with Crippen molar-refractivity contribution >= 4 is 52.1 Å². The molecule has 0 aliphatic rings. The molecule has 0 bridgehead atoms. The van der Waals surface area contributed by atoms with E-state index in [1.807, 2.05) is 11.0 Å². The summed E-state index contributed by atoms with van der Waals surface area (Å²) in [7, 11) is 1.29. The van der Waals surface area contributed by atoms with Crippen LogP contribution in [-0.2, 0) is 16.1 Å². The van der Waals surface area contributed by atoms with E-state index in [2.05, 4.69) is 5.32 Å². The number of amides is 1. The van der Waals surface area contributed by atoms with Gasteiger partial charge in [0.25, 0.3) is 0 Å². The average Bonchev–Trinajstić information content (AvgIpc) is 3.10. The summed E-state index contributed by atoms with van der Waals surface area (Å²) in [6.07, 6.45) is 0.528. The lowest BCUT2D eigenvalue weighted by atomic mass is 10.2. The van der Waals surface area contributed by atoms with E-state index in [-0.39, 0.29) is 19.1 Å². The molecule has 2 rings (SSSR count). The lowest BCUT2D eigenvalue weighted by molar-refractivity contribution is -0.117. The first-order chi connectivity index (χ1) is 12.9. The smallest absolute Gasteiger partial charge is 0.350 e. The summed E-state index contributed by atoms with van der Waals surface area (Å²) in [6.45, 7) is 1.11. The van der Waals surface area contributed by atoms with Crippen LogP contribution >= 0.6 is 34.5 Å². The average molecular weight is 431 g/mol. The van der Waals surface area contributed by atoms with Crippen molar-refractivity contribution in [1.82, 2.24) is 4.90 Å². The molecule has 1 aromatic heterocycles. The lowest BCUT2D eigenvalue weighted by Crippen LogP contribution is -2.34. The SMILES string of the molecule is COC(=O)c1sccc1NC(=O)CN(CCCO)Cc1ccc(Cl)c(Cl)c1. The number of carbonyl (C=O) groups is 2. The van der Waals surface area contributed by atoms with Crippen molar-refractivity contribution in [3.8, 4) is 0 Å². The molecule has 1 aromatic carbocycles. The van der Waals surface area contributed by atoms with Crippen LogP contribution in [0.15, 0.2) is 29.6 Å². The molecule has 0 saturated heterocycles. The summed E-state index contributed by atoms with van der Waals surface area (Å²) < 4.78 is 4.71. The second-order valence-corrected chi connectivity index (χ2v) is 7.47. The summed E-state index contributed by atoms with van der Waals surface area (Å²) in [5, 5.41) is 14.5. The van der Waals surface area contributed by atoms with E-state index >= 15 is 0 Å². The number of anilines is 1. The van der Waals surface area contributed by atoms with Crippen molar-refractivity contribution in [3.05, 3.63) is 50.1 Å². The van der Waals surface area contributed by atoms with Crippen LogP contribution < -0.4 is 5.32 Å². The molecule has 27 heavy (non-hydrogen) atoms. The van der Waals surface area contributed by atoms with Crippen LogP contribution in [0.3, 0.4) is 0 Å². The maximum atomic E-state index is 12.4. The van der Waals surface area contributed by atoms with Crippen molar-refractivity contribution < 1.29 is 19.4 Å². The number of ether oxygens (including phenoxy) is 1. The normalized spacial score (nSPS) is 10.9. The van der Waals surface area contributed by atoms with Crippen molar-refractivity contribution in [1.29, 1.82) is 0 Å². The van der Waals surface area contributed by atoms with Gasteiger partial charge < -0.3 is 15.2 Å². The zero-order valence-corrected chi connectivity index (χ0v) is 17.0. The topological polar surface area (TPSA) is 78.9 Å². The van der Waals surface area contributed by atoms with E-state index in [0.717, 1.165) is 5.56 Å². The first-order valence-corrected chi connectivity index (χ1v) is 9.81. The molecule has 0 aliphatic carbocycles. The summed E-state index contributed by atoms with van der Waals surface area (Å²) >= 11 is 13.2. The monoisotopic (exact) mass is 430 g/mol.